The predicted octanol–water partition coefficient (Wildman–Crippen LogP) is 4.45. The summed E-state index contributed by atoms with van der Waals surface area (Å²) in [7, 11) is 0. The summed E-state index contributed by atoms with van der Waals surface area (Å²) in [5, 5.41) is 2.32. The van der Waals surface area contributed by atoms with Crippen LogP contribution in [0.2, 0.25) is 10.0 Å². The van der Waals surface area contributed by atoms with Gasteiger partial charge in [0.1, 0.15) is 0 Å². The molecule has 1 nitrogen and oxygen atoms in total. The molecule has 0 atom stereocenters. The number of hydrogen-bond donors (Lipinski definition) is 0. The molecular weight excluding hydrogens is 332 g/mol. The lowest BCUT2D eigenvalue weighted by Gasteiger charge is -2.06. The normalized spacial score (nSPS) is 10.9. The van der Waals surface area contributed by atoms with E-state index < -0.39 is 0 Å². The van der Waals surface area contributed by atoms with Crippen molar-refractivity contribution >= 4 is 56.7 Å². The molecule has 0 unspecified atom stereocenters. The molecule has 0 saturated heterocycles. The van der Waals surface area contributed by atoms with Gasteiger partial charge in [-0.15, -0.1) is 0 Å². The fraction of sp³-hybridized carbons (Fsp3) is 0.100. The van der Waals surface area contributed by atoms with Gasteiger partial charge >= 0.3 is 0 Å². The summed E-state index contributed by atoms with van der Waals surface area (Å²) in [4.78, 5) is 4.28. The van der Waals surface area contributed by atoms with Crippen molar-refractivity contribution in [3.05, 3.63) is 37.5 Å². The maximum absolute atomic E-state index is 6.20. The first-order valence-electron chi connectivity index (χ1n) is 4.00. The van der Waals surface area contributed by atoms with Crippen molar-refractivity contribution in [3.63, 3.8) is 0 Å². The number of benzene rings is 1. The fourth-order valence-corrected chi connectivity index (χ4v) is 2.27. The van der Waals surface area contributed by atoms with Gasteiger partial charge in [-0.3, -0.25) is 4.98 Å². The minimum Gasteiger partial charge on any atom is -0.253 e. The molecule has 1 heterocycles. The summed E-state index contributed by atoms with van der Waals surface area (Å²) < 4.78 is 0.946. The number of fused-ring (bicyclic) bond motifs is 1. The lowest BCUT2D eigenvalue weighted by molar-refractivity contribution is 1.37. The second-order valence-electron chi connectivity index (χ2n) is 3.01. The summed E-state index contributed by atoms with van der Waals surface area (Å²) in [5.74, 6) is 0. The van der Waals surface area contributed by atoms with Gasteiger partial charge < -0.3 is 0 Å². The first kappa shape index (κ1) is 10.5. The molecule has 0 aliphatic carbocycles. The van der Waals surface area contributed by atoms with E-state index in [0.29, 0.717) is 5.02 Å². The van der Waals surface area contributed by atoms with E-state index in [9.17, 15) is 0 Å². The average molecular weight is 338 g/mol. The van der Waals surface area contributed by atoms with Crippen molar-refractivity contribution in [2.75, 3.05) is 0 Å². The Balaban J connectivity index is 3.01. The molecule has 0 N–H and O–H groups in total. The summed E-state index contributed by atoms with van der Waals surface area (Å²) >= 11 is 14.4. The van der Waals surface area contributed by atoms with E-state index in [1.807, 2.05) is 19.1 Å². The molecule has 0 aliphatic heterocycles. The molecule has 2 rings (SSSR count). The van der Waals surface area contributed by atoms with Crippen LogP contribution in [0.25, 0.3) is 10.9 Å². The zero-order chi connectivity index (χ0) is 10.3. The Labute approximate surface area is 106 Å². The van der Waals surface area contributed by atoms with Crippen molar-refractivity contribution in [1.82, 2.24) is 4.98 Å². The minimum absolute atomic E-state index is 0.643. The molecular formula is C10H6Cl2IN. The van der Waals surface area contributed by atoms with E-state index in [1.165, 1.54) is 0 Å². The van der Waals surface area contributed by atoms with Gasteiger partial charge in [-0.25, -0.2) is 0 Å². The van der Waals surface area contributed by atoms with E-state index in [4.69, 9.17) is 23.2 Å². The number of halogens is 3. The van der Waals surface area contributed by atoms with Crippen LogP contribution in [0, 0.1) is 10.5 Å². The topological polar surface area (TPSA) is 12.9 Å². The molecule has 1 aromatic heterocycles. The summed E-state index contributed by atoms with van der Waals surface area (Å²) in [6.07, 6.45) is 1.73. The molecule has 4 heteroatoms. The highest BCUT2D eigenvalue weighted by Gasteiger charge is 2.09. The zero-order valence-corrected chi connectivity index (χ0v) is 11.0. The Morgan fingerprint density at radius 2 is 2.00 bits per heavy atom. The van der Waals surface area contributed by atoms with Gasteiger partial charge in [-0.2, -0.15) is 0 Å². The average Bonchev–Trinajstić information content (AvgIpc) is 2.16. The molecule has 0 amide bonds. The highest BCUT2D eigenvalue weighted by Crippen LogP contribution is 2.32. The Morgan fingerprint density at radius 3 is 2.71 bits per heavy atom. The number of pyridine rings is 1. The molecule has 1 aromatic carbocycles. The van der Waals surface area contributed by atoms with Gasteiger partial charge in [0.15, 0.2) is 0 Å². The van der Waals surface area contributed by atoms with Crippen LogP contribution < -0.4 is 0 Å². The van der Waals surface area contributed by atoms with Crippen molar-refractivity contribution in [1.29, 1.82) is 0 Å². The SMILES string of the molecule is Cc1ccc(Cl)c2ncc(I)c(Cl)c12. The van der Waals surface area contributed by atoms with E-state index in [2.05, 4.69) is 27.6 Å². The number of nitrogens with zero attached hydrogens (tertiary/aromatic N) is 1. The summed E-state index contributed by atoms with van der Waals surface area (Å²) in [6.45, 7) is 2.00. The number of rotatable bonds is 0. The maximum Gasteiger partial charge on any atom is 0.0906 e. The van der Waals surface area contributed by atoms with Gasteiger partial charge in [0.05, 0.1) is 19.1 Å². The Hall–Kier alpha value is -0.0600. The Morgan fingerprint density at radius 1 is 1.29 bits per heavy atom. The van der Waals surface area contributed by atoms with Gasteiger partial charge in [-0.05, 0) is 41.1 Å². The van der Waals surface area contributed by atoms with Gasteiger partial charge in [-0.1, -0.05) is 29.3 Å². The van der Waals surface area contributed by atoms with Gasteiger partial charge in [0.25, 0.3) is 0 Å². The highest BCUT2D eigenvalue weighted by molar-refractivity contribution is 14.1. The third kappa shape index (κ3) is 1.59. The van der Waals surface area contributed by atoms with Crippen molar-refractivity contribution in [2.24, 2.45) is 0 Å². The van der Waals surface area contributed by atoms with Crippen LogP contribution in [0.4, 0.5) is 0 Å². The monoisotopic (exact) mass is 337 g/mol. The molecule has 0 fully saturated rings. The van der Waals surface area contributed by atoms with Crippen molar-refractivity contribution in [3.8, 4) is 0 Å². The van der Waals surface area contributed by atoms with Crippen LogP contribution in [0.5, 0.6) is 0 Å². The lowest BCUT2D eigenvalue weighted by atomic mass is 10.1. The quantitative estimate of drug-likeness (QED) is 0.647. The number of hydrogen-bond acceptors (Lipinski definition) is 1. The second-order valence-corrected chi connectivity index (χ2v) is 4.96. The molecule has 0 aliphatic rings. The third-order valence-electron chi connectivity index (χ3n) is 2.07. The smallest absolute Gasteiger partial charge is 0.0906 e. The predicted molar refractivity (Wildman–Crippen MR) is 69.2 cm³/mol. The van der Waals surface area contributed by atoms with Gasteiger partial charge in [0.2, 0.25) is 0 Å². The van der Waals surface area contributed by atoms with Crippen LogP contribution in [0.15, 0.2) is 18.3 Å². The minimum atomic E-state index is 0.643. The fourth-order valence-electron chi connectivity index (χ4n) is 1.37. The molecule has 72 valence electrons. The highest BCUT2D eigenvalue weighted by atomic mass is 127. The molecule has 0 saturated carbocycles. The van der Waals surface area contributed by atoms with E-state index in [-0.39, 0.29) is 0 Å². The van der Waals surface area contributed by atoms with Crippen molar-refractivity contribution in [2.45, 2.75) is 6.92 Å². The first-order valence-corrected chi connectivity index (χ1v) is 5.83. The second kappa shape index (κ2) is 3.83. The standard InChI is InChI=1S/C10H6Cl2IN/c1-5-2-3-6(11)10-8(5)9(12)7(13)4-14-10/h2-4H,1H3. The van der Waals surface area contributed by atoms with E-state index in [0.717, 1.165) is 25.1 Å². The van der Waals surface area contributed by atoms with Crippen LogP contribution in [0.3, 0.4) is 0 Å². The third-order valence-corrected chi connectivity index (χ3v) is 3.91. The molecule has 2 aromatic rings. The van der Waals surface area contributed by atoms with E-state index >= 15 is 0 Å². The molecule has 0 radical (unpaired) electrons. The van der Waals surface area contributed by atoms with Crippen molar-refractivity contribution < 1.29 is 0 Å². The molecule has 0 bridgehead atoms. The Kier molecular flexibility index (Phi) is 2.86. The summed E-state index contributed by atoms with van der Waals surface area (Å²) in [5.41, 5.74) is 1.87. The summed E-state index contributed by atoms with van der Waals surface area (Å²) in [6, 6.07) is 3.80. The maximum atomic E-state index is 6.20. The largest absolute Gasteiger partial charge is 0.253 e. The van der Waals surface area contributed by atoms with Crippen LogP contribution >= 0.6 is 45.8 Å². The van der Waals surface area contributed by atoms with Crippen LogP contribution in [-0.4, -0.2) is 4.98 Å². The zero-order valence-electron chi connectivity index (χ0n) is 7.31. The number of aromatic nitrogens is 1. The lowest BCUT2D eigenvalue weighted by Crippen LogP contribution is -1.87. The number of aryl methyl sites for hydroxylation is 1. The molecule has 14 heavy (non-hydrogen) atoms. The first-order chi connectivity index (χ1) is 6.61. The van der Waals surface area contributed by atoms with Gasteiger partial charge in [0, 0.05) is 11.6 Å². The van der Waals surface area contributed by atoms with Crippen LogP contribution in [-0.2, 0) is 0 Å². The Bertz CT molecular complexity index is 511. The van der Waals surface area contributed by atoms with E-state index in [1.54, 1.807) is 6.20 Å². The van der Waals surface area contributed by atoms with Crippen LogP contribution in [0.1, 0.15) is 5.56 Å². The molecule has 0 spiro atoms.